The van der Waals surface area contributed by atoms with Crippen molar-refractivity contribution in [1.82, 2.24) is 0 Å². The number of rotatable bonds is 6. The first-order valence-electron chi connectivity index (χ1n) is 6.77. The van der Waals surface area contributed by atoms with Crippen molar-refractivity contribution in [1.29, 1.82) is 0 Å². The van der Waals surface area contributed by atoms with Crippen molar-refractivity contribution in [2.45, 2.75) is 39.0 Å². The highest BCUT2D eigenvalue weighted by atomic mass is 16.7. The topological polar surface area (TPSA) is 55.8 Å². The molecule has 1 aromatic carbocycles. The van der Waals surface area contributed by atoms with E-state index >= 15 is 0 Å². The Morgan fingerprint density at radius 3 is 2.58 bits per heavy atom. The first kappa shape index (κ1) is 13.7. The highest BCUT2D eigenvalue weighted by Crippen LogP contribution is 2.39. The number of carboxylic acids is 1. The maximum atomic E-state index is 11.1. The third-order valence-electron chi connectivity index (χ3n) is 3.84. The van der Waals surface area contributed by atoms with Crippen LogP contribution in [0.1, 0.15) is 44.6 Å². The lowest BCUT2D eigenvalue weighted by Gasteiger charge is -2.24. The Morgan fingerprint density at radius 1 is 1.26 bits per heavy atom. The van der Waals surface area contributed by atoms with Gasteiger partial charge >= 0.3 is 5.97 Å². The fourth-order valence-electron chi connectivity index (χ4n) is 2.75. The molecule has 1 aliphatic rings. The van der Waals surface area contributed by atoms with E-state index in [2.05, 4.69) is 13.8 Å². The van der Waals surface area contributed by atoms with Crippen LogP contribution < -0.4 is 9.47 Å². The maximum Gasteiger partial charge on any atom is 0.303 e. The summed E-state index contributed by atoms with van der Waals surface area (Å²) in [5.74, 6) is 1.11. The number of aliphatic carboxylic acids is 1. The molecule has 0 aliphatic carbocycles. The summed E-state index contributed by atoms with van der Waals surface area (Å²) in [6, 6.07) is 5.75. The monoisotopic (exact) mass is 264 g/mol. The Hall–Kier alpha value is -1.71. The van der Waals surface area contributed by atoms with E-state index in [-0.39, 0.29) is 19.1 Å². The maximum absolute atomic E-state index is 11.1. The van der Waals surface area contributed by atoms with Crippen LogP contribution >= 0.6 is 0 Å². The van der Waals surface area contributed by atoms with E-state index < -0.39 is 5.97 Å². The van der Waals surface area contributed by atoms with Crippen LogP contribution in [0.25, 0.3) is 0 Å². The minimum absolute atomic E-state index is 0.0296. The van der Waals surface area contributed by atoms with Crippen molar-refractivity contribution < 1.29 is 19.4 Å². The standard InChI is InChI=1S/C15H20O4/c1-3-10(4-2)12(8-15(16)17)11-5-6-13-14(7-11)19-9-18-13/h5-7,10,12H,3-4,8-9H2,1-2H3,(H,16,17). The van der Waals surface area contributed by atoms with E-state index in [1.807, 2.05) is 18.2 Å². The Bertz CT molecular complexity index is 451. The van der Waals surface area contributed by atoms with Gasteiger partial charge in [0.15, 0.2) is 11.5 Å². The average molecular weight is 264 g/mol. The van der Waals surface area contributed by atoms with E-state index in [0.717, 1.165) is 29.9 Å². The van der Waals surface area contributed by atoms with Gasteiger partial charge in [0, 0.05) is 0 Å². The molecule has 1 aromatic rings. The van der Waals surface area contributed by atoms with E-state index in [9.17, 15) is 4.79 Å². The summed E-state index contributed by atoms with van der Waals surface area (Å²) in [6.07, 6.45) is 2.11. The van der Waals surface area contributed by atoms with Gasteiger partial charge < -0.3 is 14.6 Å². The summed E-state index contributed by atoms with van der Waals surface area (Å²) in [7, 11) is 0. The van der Waals surface area contributed by atoms with Crippen LogP contribution in [-0.4, -0.2) is 17.9 Å². The molecule has 1 atom stereocenters. The van der Waals surface area contributed by atoms with Gasteiger partial charge in [-0.2, -0.15) is 0 Å². The van der Waals surface area contributed by atoms with Gasteiger partial charge in [-0.3, -0.25) is 4.79 Å². The molecule has 4 nitrogen and oxygen atoms in total. The smallest absolute Gasteiger partial charge is 0.303 e. The number of hydrogen-bond donors (Lipinski definition) is 1. The summed E-state index contributed by atoms with van der Waals surface area (Å²) in [5.41, 5.74) is 1.03. The Kier molecular flexibility index (Phi) is 4.30. The predicted molar refractivity (Wildman–Crippen MR) is 71.6 cm³/mol. The molecule has 1 heterocycles. The number of hydrogen-bond acceptors (Lipinski definition) is 3. The molecular weight excluding hydrogens is 244 g/mol. The molecular formula is C15H20O4. The summed E-state index contributed by atoms with van der Waals surface area (Å²) in [4.78, 5) is 11.1. The van der Waals surface area contributed by atoms with Crippen molar-refractivity contribution in [3.8, 4) is 11.5 Å². The van der Waals surface area contributed by atoms with Crippen LogP contribution in [0.5, 0.6) is 11.5 Å². The minimum Gasteiger partial charge on any atom is -0.481 e. The number of carboxylic acid groups (broad SMARTS) is 1. The zero-order valence-corrected chi connectivity index (χ0v) is 11.4. The quantitative estimate of drug-likeness (QED) is 0.855. The van der Waals surface area contributed by atoms with Gasteiger partial charge in [-0.05, 0) is 29.5 Å². The number of ether oxygens (including phenoxy) is 2. The molecule has 1 unspecified atom stereocenters. The molecule has 2 rings (SSSR count). The summed E-state index contributed by atoms with van der Waals surface area (Å²) in [5, 5.41) is 9.12. The first-order chi connectivity index (χ1) is 9.15. The molecule has 0 saturated heterocycles. The minimum atomic E-state index is -0.755. The fourth-order valence-corrected chi connectivity index (χ4v) is 2.75. The van der Waals surface area contributed by atoms with Crippen LogP contribution in [0, 0.1) is 5.92 Å². The molecule has 4 heteroatoms. The lowest BCUT2D eigenvalue weighted by molar-refractivity contribution is -0.137. The molecule has 0 amide bonds. The van der Waals surface area contributed by atoms with Gasteiger partial charge in [-0.15, -0.1) is 0 Å². The lowest BCUT2D eigenvalue weighted by atomic mass is 9.80. The van der Waals surface area contributed by atoms with Crippen molar-refractivity contribution in [2.24, 2.45) is 5.92 Å². The Morgan fingerprint density at radius 2 is 1.95 bits per heavy atom. The average Bonchev–Trinajstić information content (AvgIpc) is 2.85. The highest BCUT2D eigenvalue weighted by molar-refractivity contribution is 5.68. The van der Waals surface area contributed by atoms with Crippen molar-refractivity contribution in [3.63, 3.8) is 0 Å². The highest BCUT2D eigenvalue weighted by Gasteiger charge is 2.25. The van der Waals surface area contributed by atoms with Crippen LogP contribution in [0.2, 0.25) is 0 Å². The van der Waals surface area contributed by atoms with Gasteiger partial charge in [-0.1, -0.05) is 32.8 Å². The molecule has 1 aliphatic heterocycles. The molecule has 0 saturated carbocycles. The second-order valence-corrected chi connectivity index (χ2v) is 4.89. The molecule has 0 bridgehead atoms. The van der Waals surface area contributed by atoms with E-state index in [1.165, 1.54) is 0 Å². The zero-order chi connectivity index (χ0) is 13.8. The van der Waals surface area contributed by atoms with E-state index in [4.69, 9.17) is 14.6 Å². The Balaban J connectivity index is 2.29. The SMILES string of the molecule is CCC(CC)C(CC(=O)O)c1ccc2c(c1)OCO2. The fraction of sp³-hybridized carbons (Fsp3) is 0.533. The summed E-state index contributed by atoms with van der Waals surface area (Å²) >= 11 is 0. The van der Waals surface area contributed by atoms with Gasteiger partial charge in [0.25, 0.3) is 0 Å². The molecule has 104 valence electrons. The van der Waals surface area contributed by atoms with Gasteiger partial charge in [0.1, 0.15) is 0 Å². The van der Waals surface area contributed by atoms with Gasteiger partial charge in [-0.25, -0.2) is 0 Å². The second kappa shape index (κ2) is 5.95. The first-order valence-corrected chi connectivity index (χ1v) is 6.77. The van der Waals surface area contributed by atoms with Gasteiger partial charge in [0.2, 0.25) is 6.79 Å². The molecule has 1 N–H and O–H groups in total. The van der Waals surface area contributed by atoms with Gasteiger partial charge in [0.05, 0.1) is 6.42 Å². The largest absolute Gasteiger partial charge is 0.481 e. The van der Waals surface area contributed by atoms with Crippen molar-refractivity contribution in [2.75, 3.05) is 6.79 Å². The Labute approximate surface area is 113 Å². The van der Waals surface area contributed by atoms with Crippen LogP contribution in [0.3, 0.4) is 0 Å². The lowest BCUT2D eigenvalue weighted by Crippen LogP contribution is -2.15. The zero-order valence-electron chi connectivity index (χ0n) is 11.4. The van der Waals surface area contributed by atoms with Crippen molar-refractivity contribution in [3.05, 3.63) is 23.8 Å². The third-order valence-corrected chi connectivity index (χ3v) is 3.84. The van der Waals surface area contributed by atoms with Crippen LogP contribution in [-0.2, 0) is 4.79 Å². The normalized spacial score (nSPS) is 14.7. The summed E-state index contributed by atoms with van der Waals surface area (Å²) in [6.45, 7) is 4.46. The predicted octanol–water partition coefficient (Wildman–Crippen LogP) is 3.41. The second-order valence-electron chi connectivity index (χ2n) is 4.89. The number of carbonyl (C=O) groups is 1. The van der Waals surface area contributed by atoms with E-state index in [1.54, 1.807) is 0 Å². The molecule has 0 fully saturated rings. The third kappa shape index (κ3) is 3.00. The molecule has 0 spiro atoms. The number of fused-ring (bicyclic) bond motifs is 1. The molecule has 0 aromatic heterocycles. The summed E-state index contributed by atoms with van der Waals surface area (Å²) < 4.78 is 10.7. The van der Waals surface area contributed by atoms with Crippen LogP contribution in [0.4, 0.5) is 0 Å². The molecule has 0 radical (unpaired) electrons. The van der Waals surface area contributed by atoms with Crippen LogP contribution in [0.15, 0.2) is 18.2 Å². The van der Waals surface area contributed by atoms with Crippen molar-refractivity contribution >= 4 is 5.97 Å². The van der Waals surface area contributed by atoms with E-state index in [0.29, 0.717) is 5.92 Å². The molecule has 19 heavy (non-hydrogen) atoms. The number of benzene rings is 1.